The molecule has 0 aromatic carbocycles. The Morgan fingerprint density at radius 3 is 1.67 bits per heavy atom. The summed E-state index contributed by atoms with van der Waals surface area (Å²) < 4.78 is 0. The van der Waals surface area contributed by atoms with Crippen LogP contribution in [0.25, 0.3) is 0 Å². The number of aliphatic hydroxyl groups is 2. The van der Waals surface area contributed by atoms with Gasteiger partial charge in [0.15, 0.2) is 0 Å². The summed E-state index contributed by atoms with van der Waals surface area (Å²) >= 11 is 0. The van der Waals surface area contributed by atoms with E-state index in [-0.39, 0.29) is 55.9 Å². The molecule has 0 spiro atoms. The number of amides is 9. The number of nitrogens with one attached hydrogen (secondary N) is 8. The normalized spacial score (nSPS) is 17.0. The fraction of sp³-hybridized carbons (Fsp3) is 0.833. The second-order valence-corrected chi connectivity index (χ2v) is 25.8. The van der Waals surface area contributed by atoms with Crippen LogP contribution in [0.5, 0.6) is 0 Å². The van der Waals surface area contributed by atoms with Crippen LogP contribution < -0.4 is 42.5 Å². The van der Waals surface area contributed by atoms with Crippen molar-refractivity contribution in [3.63, 3.8) is 0 Å². The zero-order chi connectivity index (χ0) is 63.1. The Balaban J connectivity index is 3.29. The number of ketones is 1. The molecule has 1 aliphatic heterocycles. The number of hydrogen-bond acceptors (Lipinski definition) is 13. The lowest BCUT2D eigenvalue weighted by atomic mass is 9.92. The molecule has 0 aliphatic carbocycles. The summed E-state index contributed by atoms with van der Waals surface area (Å²) in [5.41, 5.74) is -6.37. The molecule has 0 bridgehead atoms. The summed E-state index contributed by atoms with van der Waals surface area (Å²) in [6.45, 7) is 29.2. The summed E-state index contributed by atoms with van der Waals surface area (Å²) in [5.74, 6) is -7.26. The van der Waals surface area contributed by atoms with Gasteiger partial charge in [-0.2, -0.15) is 0 Å². The van der Waals surface area contributed by atoms with E-state index in [1.807, 2.05) is 18.7 Å². The standard InChI is InChI=1S/C60H110N10O12/c1-19-22-23-24-25-26-28-40(8)52(78)70-30-27-29-45(70)49(75)62-44(34-38(6)33-43(73)35-42(72)21-3)48(74)65-59(14,15)55(81)68-58(12,13)54(80)64-47(39(7)20-2)50(76)63-46(37(4)5)51(77)66-60(16,17)56(82)67-57(10,11)53(79)61-41(9)36-69(18)31-32-71/h37-41,43-47,71,73H,19-36H2,1-18H3,(H,61,79)(H,62,75)(H,63,76)(H,64,80)(H,65,74)(H,66,77)(H,67,82)(H,68,81)/t38-,39?,40-,41+,43-,44+,45+,46+,47+/m1/s1. The number of likely N-dealkylation sites (tertiary alicyclic amines) is 1. The molecule has 1 fully saturated rings. The first-order valence-electron chi connectivity index (χ1n) is 30.2. The number of aliphatic hydroxyl groups excluding tert-OH is 2. The Morgan fingerprint density at radius 2 is 1.15 bits per heavy atom. The quantitative estimate of drug-likeness (QED) is 0.0395. The van der Waals surface area contributed by atoms with E-state index >= 15 is 0 Å². The second-order valence-electron chi connectivity index (χ2n) is 25.8. The SMILES string of the molecule is CCCCCCCC[C@@H](C)C(=O)N1CCC[C@H]1C(=O)N[C@@H](C[C@H](C)C[C@@H](O)CC(=O)CC)C(=O)NC(C)(C)C(=O)NC(C)(C)C(=O)N[C@H](C(=O)N[C@H](C(=O)NC(C)(C)C(=O)NC(C)(C)C(=O)N[C@@H](C)CN(C)CCO)C(C)C)C(C)CC. The lowest BCUT2D eigenvalue weighted by molar-refractivity contribution is -0.142. The van der Waals surface area contributed by atoms with Gasteiger partial charge in [-0.05, 0) is 119 Å². The van der Waals surface area contributed by atoms with Gasteiger partial charge < -0.3 is 62.5 Å². The van der Waals surface area contributed by atoms with Crippen molar-refractivity contribution in [2.45, 2.75) is 266 Å². The molecule has 10 N–H and O–H groups in total. The van der Waals surface area contributed by atoms with Gasteiger partial charge in [-0.25, -0.2) is 0 Å². The first-order valence-corrected chi connectivity index (χ1v) is 30.2. The van der Waals surface area contributed by atoms with Gasteiger partial charge in [0.1, 0.15) is 52.1 Å². The lowest BCUT2D eigenvalue weighted by Gasteiger charge is -2.35. The molecule has 82 heavy (non-hydrogen) atoms. The van der Waals surface area contributed by atoms with Gasteiger partial charge in [0.05, 0.1) is 12.7 Å². The Bertz CT molecular complexity index is 2130. The maximum absolute atomic E-state index is 14.4. The first-order chi connectivity index (χ1) is 37.9. The van der Waals surface area contributed by atoms with Crippen LogP contribution in [0.4, 0.5) is 0 Å². The molecule has 22 heteroatoms. The van der Waals surface area contributed by atoms with Gasteiger partial charge >= 0.3 is 0 Å². The average molecular weight is 1160 g/mol. The summed E-state index contributed by atoms with van der Waals surface area (Å²) in [5, 5.41) is 42.1. The maximum atomic E-state index is 14.4. The largest absolute Gasteiger partial charge is 0.395 e. The van der Waals surface area contributed by atoms with Crippen LogP contribution in [0.2, 0.25) is 0 Å². The number of hydrogen-bond donors (Lipinski definition) is 10. The summed E-state index contributed by atoms with van der Waals surface area (Å²) in [4.78, 5) is 141. The van der Waals surface area contributed by atoms with Crippen molar-refractivity contribution in [2.75, 3.05) is 33.3 Å². The van der Waals surface area contributed by atoms with Crippen LogP contribution in [0, 0.1) is 23.7 Å². The number of likely N-dealkylation sites (N-methyl/N-ethyl adjacent to an activating group) is 1. The molecule has 1 rings (SSSR count). The highest BCUT2D eigenvalue weighted by Crippen LogP contribution is 2.25. The molecule has 1 heterocycles. The Morgan fingerprint density at radius 1 is 0.622 bits per heavy atom. The van der Waals surface area contributed by atoms with Gasteiger partial charge in [0.25, 0.3) is 0 Å². The third-order valence-corrected chi connectivity index (χ3v) is 15.5. The van der Waals surface area contributed by atoms with E-state index in [1.54, 1.807) is 53.5 Å². The van der Waals surface area contributed by atoms with Crippen LogP contribution >= 0.6 is 0 Å². The van der Waals surface area contributed by atoms with Crippen molar-refractivity contribution in [1.82, 2.24) is 52.3 Å². The molecule has 22 nitrogen and oxygen atoms in total. The fourth-order valence-corrected chi connectivity index (χ4v) is 9.76. The molecular formula is C60H110N10O12. The van der Waals surface area contributed by atoms with Crippen LogP contribution in [0.15, 0.2) is 0 Å². The highest BCUT2D eigenvalue weighted by molar-refractivity contribution is 6.01. The van der Waals surface area contributed by atoms with E-state index in [2.05, 4.69) is 49.5 Å². The average Bonchev–Trinajstić information content (AvgIpc) is 3.87. The van der Waals surface area contributed by atoms with Crippen LogP contribution in [0.3, 0.4) is 0 Å². The van der Waals surface area contributed by atoms with Gasteiger partial charge in [-0.1, -0.05) is 100 Å². The highest BCUT2D eigenvalue weighted by atomic mass is 16.3. The predicted molar refractivity (Wildman–Crippen MR) is 317 cm³/mol. The molecule has 472 valence electrons. The van der Waals surface area contributed by atoms with Crippen molar-refractivity contribution in [3.05, 3.63) is 0 Å². The van der Waals surface area contributed by atoms with Crippen molar-refractivity contribution >= 4 is 58.9 Å². The first kappa shape index (κ1) is 74.8. The van der Waals surface area contributed by atoms with Gasteiger partial charge in [0.2, 0.25) is 53.2 Å². The summed E-state index contributed by atoms with van der Waals surface area (Å²) in [6, 6.07) is -4.77. The molecule has 1 unspecified atom stereocenters. The molecule has 9 amide bonds. The smallest absolute Gasteiger partial charge is 0.246 e. The van der Waals surface area contributed by atoms with Gasteiger partial charge in [-0.15, -0.1) is 0 Å². The van der Waals surface area contributed by atoms with Crippen molar-refractivity contribution in [3.8, 4) is 0 Å². The minimum absolute atomic E-state index is 0.0195. The Labute approximate surface area is 490 Å². The zero-order valence-corrected chi connectivity index (χ0v) is 53.4. The minimum atomic E-state index is -1.70. The van der Waals surface area contributed by atoms with E-state index in [1.165, 1.54) is 61.8 Å². The molecule has 1 saturated heterocycles. The van der Waals surface area contributed by atoms with Crippen LogP contribution in [-0.4, -0.2) is 171 Å². The van der Waals surface area contributed by atoms with Crippen molar-refractivity contribution in [1.29, 1.82) is 0 Å². The molecule has 1 aliphatic rings. The lowest BCUT2D eigenvalue weighted by Crippen LogP contribution is -2.67. The molecular weight excluding hydrogens is 1050 g/mol. The molecule has 0 aromatic heterocycles. The Kier molecular flexibility index (Phi) is 31.5. The minimum Gasteiger partial charge on any atom is -0.395 e. The third-order valence-electron chi connectivity index (χ3n) is 15.5. The number of carbonyl (C=O) groups is 10. The molecule has 9 atom stereocenters. The van der Waals surface area contributed by atoms with E-state index in [9.17, 15) is 58.2 Å². The van der Waals surface area contributed by atoms with E-state index in [0.717, 1.165) is 32.1 Å². The van der Waals surface area contributed by atoms with E-state index in [4.69, 9.17) is 0 Å². The number of nitrogens with zero attached hydrogens (tertiary/aromatic N) is 2. The monoisotopic (exact) mass is 1160 g/mol. The van der Waals surface area contributed by atoms with Gasteiger partial charge in [-0.3, -0.25) is 47.9 Å². The van der Waals surface area contributed by atoms with Crippen LogP contribution in [-0.2, 0) is 47.9 Å². The van der Waals surface area contributed by atoms with Gasteiger partial charge in [0, 0.05) is 44.4 Å². The van der Waals surface area contributed by atoms with Crippen molar-refractivity contribution < 1.29 is 58.2 Å². The number of unbranched alkanes of at least 4 members (excludes halogenated alkanes) is 5. The highest BCUT2D eigenvalue weighted by Gasteiger charge is 2.44. The van der Waals surface area contributed by atoms with E-state index in [0.29, 0.717) is 45.3 Å². The number of carbonyl (C=O) groups excluding carboxylic acids is 10. The summed E-state index contributed by atoms with van der Waals surface area (Å²) in [7, 11) is 1.80. The molecule has 0 radical (unpaired) electrons. The molecule has 0 saturated carbocycles. The topological polar surface area (TPSA) is 314 Å². The summed E-state index contributed by atoms with van der Waals surface area (Å²) in [6.07, 6.45) is 8.00. The maximum Gasteiger partial charge on any atom is 0.246 e. The number of rotatable bonds is 38. The molecule has 0 aromatic rings. The van der Waals surface area contributed by atoms with Crippen LogP contribution in [0.1, 0.15) is 208 Å². The van der Waals surface area contributed by atoms with Crippen molar-refractivity contribution in [2.24, 2.45) is 23.7 Å². The fourth-order valence-electron chi connectivity index (χ4n) is 9.76. The second kappa shape index (κ2) is 34.5. The predicted octanol–water partition coefficient (Wildman–Crippen LogP) is 3.68. The Hall–Kier alpha value is -5.22. The third kappa shape index (κ3) is 24.9. The number of Topliss-reactive ketones (excluding diaryl/α,β-unsaturated/α-hetero) is 1. The zero-order valence-electron chi connectivity index (χ0n) is 53.4. The van der Waals surface area contributed by atoms with E-state index < -0.39 is 117 Å².